The van der Waals surface area contributed by atoms with Gasteiger partial charge >= 0.3 is 0 Å². The average Bonchev–Trinajstić information content (AvgIpc) is 3.49. The first-order valence-corrected chi connectivity index (χ1v) is 15.7. The fourth-order valence-electron chi connectivity index (χ4n) is 6.71. The second kappa shape index (κ2) is 10.8. The van der Waals surface area contributed by atoms with E-state index in [0.29, 0.717) is 0 Å². The van der Waals surface area contributed by atoms with Gasteiger partial charge in [0.2, 0.25) is 0 Å². The maximum Gasteiger partial charge on any atom is 0.136 e. The van der Waals surface area contributed by atoms with Gasteiger partial charge in [0.05, 0.1) is 5.69 Å². The molecule has 0 aliphatic carbocycles. The Morgan fingerprint density at radius 3 is 1.72 bits per heavy atom. The summed E-state index contributed by atoms with van der Waals surface area (Å²) >= 11 is 0. The highest BCUT2D eigenvalue weighted by molar-refractivity contribution is 6.13. The van der Waals surface area contributed by atoms with Crippen molar-refractivity contribution in [3.8, 4) is 22.3 Å². The highest BCUT2D eigenvalue weighted by Gasteiger charge is 2.18. The quantitative estimate of drug-likeness (QED) is 0.199. The first-order chi connectivity index (χ1) is 22.8. The maximum absolute atomic E-state index is 6.25. The summed E-state index contributed by atoms with van der Waals surface area (Å²) in [5.74, 6) is 0. The third-order valence-electron chi connectivity index (χ3n) is 9.04. The lowest BCUT2D eigenvalue weighted by Crippen LogP contribution is -2.10. The number of benzene rings is 8. The van der Waals surface area contributed by atoms with Crippen LogP contribution in [0.2, 0.25) is 0 Å². The predicted octanol–water partition coefficient (Wildman–Crippen LogP) is 12.7. The molecule has 9 aromatic rings. The number of rotatable bonds is 5. The first-order valence-electron chi connectivity index (χ1n) is 15.7. The van der Waals surface area contributed by atoms with Gasteiger partial charge in [0.1, 0.15) is 11.2 Å². The topological polar surface area (TPSA) is 16.4 Å². The number of para-hydroxylation sites is 1. The van der Waals surface area contributed by atoms with E-state index in [4.69, 9.17) is 4.42 Å². The van der Waals surface area contributed by atoms with E-state index < -0.39 is 0 Å². The molecule has 0 radical (unpaired) electrons. The molecule has 46 heavy (non-hydrogen) atoms. The summed E-state index contributed by atoms with van der Waals surface area (Å²) in [6.07, 6.45) is 0. The van der Waals surface area contributed by atoms with E-state index in [9.17, 15) is 0 Å². The van der Waals surface area contributed by atoms with Gasteiger partial charge in [-0.05, 0) is 93.0 Å². The molecule has 0 saturated carbocycles. The number of anilines is 3. The summed E-state index contributed by atoms with van der Waals surface area (Å²) < 4.78 is 6.25. The fourth-order valence-corrected chi connectivity index (χ4v) is 6.71. The standard InChI is InChI=1S/C44H29NO/c1-2-9-30(10-3-1)32-19-23-37(24-20-32)45(38-25-21-33(22-26-38)35-18-17-31-11-4-5-12-34(31)27-35)42-15-8-13-36-28-44-41(29-40(36)42)39-14-6-7-16-43(39)46-44/h1-29H. The molecule has 0 saturated heterocycles. The van der Waals surface area contributed by atoms with E-state index in [0.717, 1.165) is 44.4 Å². The zero-order chi connectivity index (χ0) is 30.5. The summed E-state index contributed by atoms with van der Waals surface area (Å²) in [5, 5.41) is 7.07. The smallest absolute Gasteiger partial charge is 0.136 e. The molecule has 1 heterocycles. The summed E-state index contributed by atoms with van der Waals surface area (Å²) in [5.41, 5.74) is 9.94. The van der Waals surface area contributed by atoms with Crippen LogP contribution < -0.4 is 4.90 Å². The van der Waals surface area contributed by atoms with Crippen molar-refractivity contribution >= 4 is 60.5 Å². The summed E-state index contributed by atoms with van der Waals surface area (Å²) in [6.45, 7) is 0. The number of nitrogens with zero attached hydrogens (tertiary/aromatic N) is 1. The van der Waals surface area contributed by atoms with Gasteiger partial charge in [-0.15, -0.1) is 0 Å². The first kappa shape index (κ1) is 26.3. The van der Waals surface area contributed by atoms with Gasteiger partial charge < -0.3 is 9.32 Å². The fraction of sp³-hybridized carbons (Fsp3) is 0. The number of hydrogen-bond acceptors (Lipinski definition) is 2. The van der Waals surface area contributed by atoms with E-state index in [1.165, 1.54) is 38.4 Å². The molecule has 0 aliphatic rings. The van der Waals surface area contributed by atoms with Crippen molar-refractivity contribution in [3.05, 3.63) is 176 Å². The van der Waals surface area contributed by atoms with E-state index in [1.54, 1.807) is 0 Å². The second-order valence-electron chi connectivity index (χ2n) is 11.8. The van der Waals surface area contributed by atoms with Crippen LogP contribution in [0.1, 0.15) is 0 Å². The van der Waals surface area contributed by atoms with Gasteiger partial charge in [-0.2, -0.15) is 0 Å². The second-order valence-corrected chi connectivity index (χ2v) is 11.8. The average molecular weight is 588 g/mol. The van der Waals surface area contributed by atoms with Crippen molar-refractivity contribution in [1.82, 2.24) is 0 Å². The molecular formula is C44H29NO. The van der Waals surface area contributed by atoms with E-state index in [2.05, 4.69) is 169 Å². The lowest BCUT2D eigenvalue weighted by atomic mass is 10.00. The summed E-state index contributed by atoms with van der Waals surface area (Å²) in [6, 6.07) is 62.9. The molecule has 0 unspecified atom stereocenters. The van der Waals surface area contributed by atoms with Crippen LogP contribution >= 0.6 is 0 Å². The minimum Gasteiger partial charge on any atom is -0.456 e. The molecule has 2 heteroatoms. The van der Waals surface area contributed by atoms with Gasteiger partial charge in [-0.3, -0.25) is 0 Å². The molecule has 9 rings (SSSR count). The van der Waals surface area contributed by atoms with Crippen LogP contribution in [0.5, 0.6) is 0 Å². The Morgan fingerprint density at radius 1 is 0.326 bits per heavy atom. The van der Waals surface area contributed by atoms with Crippen LogP contribution in [0, 0.1) is 0 Å². The third kappa shape index (κ3) is 4.51. The van der Waals surface area contributed by atoms with Crippen molar-refractivity contribution in [2.45, 2.75) is 0 Å². The van der Waals surface area contributed by atoms with Crippen LogP contribution in [-0.2, 0) is 0 Å². The van der Waals surface area contributed by atoms with Crippen molar-refractivity contribution in [2.75, 3.05) is 4.90 Å². The van der Waals surface area contributed by atoms with E-state index in [1.807, 2.05) is 12.1 Å². The third-order valence-corrected chi connectivity index (χ3v) is 9.04. The lowest BCUT2D eigenvalue weighted by molar-refractivity contribution is 0.669. The molecule has 0 N–H and O–H groups in total. The van der Waals surface area contributed by atoms with Crippen molar-refractivity contribution in [1.29, 1.82) is 0 Å². The van der Waals surface area contributed by atoms with Gasteiger partial charge in [0, 0.05) is 27.5 Å². The molecule has 0 amide bonds. The van der Waals surface area contributed by atoms with Crippen LogP contribution in [0.4, 0.5) is 17.1 Å². The SMILES string of the molecule is c1ccc(-c2ccc(N(c3ccc(-c4ccc5ccccc5c4)cc3)c3cccc4cc5oc6ccccc6c5cc34)cc2)cc1. The van der Waals surface area contributed by atoms with Crippen molar-refractivity contribution in [2.24, 2.45) is 0 Å². The minimum absolute atomic E-state index is 0.907. The Hall–Kier alpha value is -6.12. The predicted molar refractivity (Wildman–Crippen MR) is 194 cm³/mol. The Labute approximate surface area is 267 Å². The van der Waals surface area contributed by atoms with E-state index >= 15 is 0 Å². The van der Waals surface area contributed by atoms with Crippen molar-refractivity contribution in [3.63, 3.8) is 0 Å². The Balaban J connectivity index is 1.20. The lowest BCUT2D eigenvalue weighted by Gasteiger charge is -2.27. The van der Waals surface area contributed by atoms with Gasteiger partial charge in [-0.25, -0.2) is 0 Å². The molecule has 0 fully saturated rings. The van der Waals surface area contributed by atoms with Crippen molar-refractivity contribution < 1.29 is 4.42 Å². The molecule has 2 nitrogen and oxygen atoms in total. The molecule has 0 bridgehead atoms. The van der Waals surface area contributed by atoms with Gasteiger partial charge in [0.15, 0.2) is 0 Å². The number of fused-ring (bicyclic) bond motifs is 5. The molecule has 216 valence electrons. The Kier molecular flexibility index (Phi) is 6.17. The Bertz CT molecular complexity index is 2510. The highest BCUT2D eigenvalue weighted by Crippen LogP contribution is 2.42. The van der Waals surface area contributed by atoms with Crippen LogP contribution in [-0.4, -0.2) is 0 Å². The van der Waals surface area contributed by atoms with Crippen LogP contribution in [0.3, 0.4) is 0 Å². The largest absolute Gasteiger partial charge is 0.456 e. The normalized spacial score (nSPS) is 11.5. The highest BCUT2D eigenvalue weighted by atomic mass is 16.3. The minimum atomic E-state index is 0.907. The van der Waals surface area contributed by atoms with E-state index in [-0.39, 0.29) is 0 Å². The molecule has 1 aromatic heterocycles. The van der Waals surface area contributed by atoms with Crippen LogP contribution in [0.25, 0.3) is 65.7 Å². The Morgan fingerprint density at radius 2 is 0.935 bits per heavy atom. The molecule has 8 aromatic carbocycles. The monoisotopic (exact) mass is 587 g/mol. The number of hydrogen-bond donors (Lipinski definition) is 0. The maximum atomic E-state index is 6.25. The zero-order valence-corrected chi connectivity index (χ0v) is 25.1. The van der Waals surface area contributed by atoms with Gasteiger partial charge in [-0.1, -0.05) is 121 Å². The molecule has 0 atom stereocenters. The molecular weight excluding hydrogens is 558 g/mol. The molecule has 0 spiro atoms. The summed E-state index contributed by atoms with van der Waals surface area (Å²) in [4.78, 5) is 2.37. The summed E-state index contributed by atoms with van der Waals surface area (Å²) in [7, 11) is 0. The number of furan rings is 1. The van der Waals surface area contributed by atoms with Crippen LogP contribution in [0.15, 0.2) is 180 Å². The molecule has 0 aliphatic heterocycles. The van der Waals surface area contributed by atoms with Gasteiger partial charge in [0.25, 0.3) is 0 Å². The zero-order valence-electron chi connectivity index (χ0n) is 25.1.